The third-order valence-electron chi connectivity index (χ3n) is 5.53. The van der Waals surface area contributed by atoms with Crippen molar-refractivity contribution in [1.29, 1.82) is 0 Å². The molecule has 2 rings (SSSR count). The molecule has 0 fully saturated rings. The van der Waals surface area contributed by atoms with Gasteiger partial charge in [0.2, 0.25) is 5.91 Å². The number of carbonyl (C=O) groups is 3. The van der Waals surface area contributed by atoms with Gasteiger partial charge >= 0.3 is 6.09 Å². The molecule has 0 spiro atoms. The number of nitrogens with one attached hydrogen (secondary N) is 2. The minimum Gasteiger partial charge on any atom is -0.444 e. The van der Waals surface area contributed by atoms with E-state index in [1.165, 1.54) is 4.90 Å². The number of amides is 3. The average Bonchev–Trinajstić information content (AvgIpc) is 2.75. The van der Waals surface area contributed by atoms with Crippen molar-refractivity contribution in [3.8, 4) is 0 Å². The molecule has 0 radical (unpaired) electrons. The first-order chi connectivity index (χ1) is 16.3. The van der Waals surface area contributed by atoms with Crippen LogP contribution in [0.2, 0.25) is 0 Å². The number of para-hydroxylation sites is 1. The number of carbonyl (C=O) groups excluding carboxylic acids is 3. The van der Waals surface area contributed by atoms with Gasteiger partial charge < -0.3 is 20.3 Å². The Labute approximate surface area is 209 Å². The number of hydrogen-bond donors (Lipinski definition) is 2. The Morgan fingerprint density at radius 2 is 1.54 bits per heavy atom. The summed E-state index contributed by atoms with van der Waals surface area (Å²) in [5.41, 5.74) is 3.68. The van der Waals surface area contributed by atoms with Gasteiger partial charge in [0.1, 0.15) is 17.7 Å². The summed E-state index contributed by atoms with van der Waals surface area (Å²) in [5.74, 6) is -0.669. The van der Waals surface area contributed by atoms with Gasteiger partial charge in [0.15, 0.2) is 0 Å². The van der Waals surface area contributed by atoms with Gasteiger partial charge in [0.25, 0.3) is 5.91 Å². The maximum absolute atomic E-state index is 13.7. The van der Waals surface area contributed by atoms with Crippen molar-refractivity contribution in [2.75, 3.05) is 11.9 Å². The van der Waals surface area contributed by atoms with E-state index < -0.39 is 23.8 Å². The zero-order valence-electron chi connectivity index (χ0n) is 22.2. The maximum atomic E-state index is 13.7. The molecule has 2 aromatic carbocycles. The molecule has 2 atom stereocenters. The number of alkyl carbamates (subject to hydrolysis) is 1. The number of benzene rings is 2. The lowest BCUT2D eigenvalue weighted by molar-refractivity contribution is -0.140. The Kier molecular flexibility index (Phi) is 9.46. The van der Waals surface area contributed by atoms with E-state index in [9.17, 15) is 14.4 Å². The molecule has 190 valence electrons. The molecule has 2 aromatic rings. The lowest BCUT2D eigenvalue weighted by atomic mass is 10.0. The van der Waals surface area contributed by atoms with Crippen LogP contribution >= 0.6 is 0 Å². The minimum atomic E-state index is -0.877. The largest absolute Gasteiger partial charge is 0.444 e. The van der Waals surface area contributed by atoms with Crippen LogP contribution in [-0.4, -0.2) is 41.0 Å². The van der Waals surface area contributed by atoms with E-state index in [0.717, 1.165) is 22.4 Å². The van der Waals surface area contributed by atoms with Crippen LogP contribution < -0.4 is 10.6 Å². The highest BCUT2D eigenvalue weighted by Gasteiger charge is 2.34. The standard InChI is InChI=1S/C28H39N3O4/c1-9-17-31(26(33)21(5)29-27(34)35-28(6,7)8)24(22-15-13-18(2)14-16-22)25(32)30-23-19(3)11-10-12-20(23)4/h10-16,21,24H,9,17H2,1-8H3,(H,29,34)(H,30,32). The second-order valence-electron chi connectivity index (χ2n) is 9.97. The lowest BCUT2D eigenvalue weighted by Crippen LogP contribution is -2.51. The van der Waals surface area contributed by atoms with Crippen LogP contribution in [0.15, 0.2) is 42.5 Å². The summed E-state index contributed by atoms with van der Waals surface area (Å²) in [6, 6.07) is 11.6. The van der Waals surface area contributed by atoms with Gasteiger partial charge in [-0.2, -0.15) is 0 Å². The van der Waals surface area contributed by atoms with Gasteiger partial charge in [-0.3, -0.25) is 9.59 Å². The predicted molar refractivity (Wildman–Crippen MR) is 139 cm³/mol. The van der Waals surface area contributed by atoms with Crippen LogP contribution in [0.1, 0.15) is 69.3 Å². The number of rotatable bonds is 8. The molecule has 3 amide bonds. The molecule has 0 saturated heterocycles. The molecule has 0 aliphatic heterocycles. The topological polar surface area (TPSA) is 87.7 Å². The molecule has 35 heavy (non-hydrogen) atoms. The number of hydrogen-bond acceptors (Lipinski definition) is 4. The van der Waals surface area contributed by atoms with Crippen molar-refractivity contribution in [2.45, 2.75) is 79.5 Å². The summed E-state index contributed by atoms with van der Waals surface area (Å²) in [5, 5.41) is 5.66. The van der Waals surface area contributed by atoms with Gasteiger partial charge in [-0.1, -0.05) is 55.0 Å². The van der Waals surface area contributed by atoms with Crippen LogP contribution in [0.5, 0.6) is 0 Å². The summed E-state index contributed by atoms with van der Waals surface area (Å²) >= 11 is 0. The molecule has 0 aliphatic carbocycles. The molecule has 2 N–H and O–H groups in total. The van der Waals surface area contributed by atoms with E-state index in [1.54, 1.807) is 27.7 Å². The van der Waals surface area contributed by atoms with Gasteiger partial charge in [-0.05, 0) is 71.6 Å². The van der Waals surface area contributed by atoms with Gasteiger partial charge in [-0.25, -0.2) is 4.79 Å². The van der Waals surface area contributed by atoms with E-state index in [4.69, 9.17) is 4.74 Å². The van der Waals surface area contributed by atoms with Crippen molar-refractivity contribution < 1.29 is 19.1 Å². The first-order valence-electron chi connectivity index (χ1n) is 12.1. The SMILES string of the molecule is CCCN(C(=O)C(C)NC(=O)OC(C)(C)C)C(C(=O)Nc1c(C)cccc1C)c1ccc(C)cc1. The molecule has 0 saturated carbocycles. The van der Waals surface area contributed by atoms with Crippen LogP contribution in [0, 0.1) is 20.8 Å². The Hall–Kier alpha value is -3.35. The summed E-state index contributed by atoms with van der Waals surface area (Å²) in [4.78, 5) is 41.2. The molecule has 0 bridgehead atoms. The van der Waals surface area contributed by atoms with Gasteiger partial charge in [-0.15, -0.1) is 0 Å². The van der Waals surface area contributed by atoms with Crippen LogP contribution in [-0.2, 0) is 14.3 Å². The fraction of sp³-hybridized carbons (Fsp3) is 0.464. The summed E-state index contributed by atoms with van der Waals surface area (Å²) in [7, 11) is 0. The molecule has 0 aromatic heterocycles. The number of ether oxygens (including phenoxy) is 1. The van der Waals surface area contributed by atoms with E-state index in [-0.39, 0.29) is 11.8 Å². The predicted octanol–water partition coefficient (Wildman–Crippen LogP) is 5.44. The molecule has 7 nitrogen and oxygen atoms in total. The third kappa shape index (κ3) is 7.84. The average molecular weight is 482 g/mol. The highest BCUT2D eigenvalue weighted by Crippen LogP contribution is 2.27. The van der Waals surface area contributed by atoms with Gasteiger partial charge in [0.05, 0.1) is 0 Å². The van der Waals surface area contributed by atoms with Crippen molar-refractivity contribution in [3.05, 3.63) is 64.7 Å². The van der Waals surface area contributed by atoms with Crippen molar-refractivity contribution in [3.63, 3.8) is 0 Å². The van der Waals surface area contributed by atoms with E-state index in [0.29, 0.717) is 18.5 Å². The Morgan fingerprint density at radius 3 is 2.06 bits per heavy atom. The fourth-order valence-electron chi connectivity index (χ4n) is 3.83. The maximum Gasteiger partial charge on any atom is 0.408 e. The molecular formula is C28H39N3O4. The number of nitrogens with zero attached hydrogens (tertiary/aromatic N) is 1. The van der Waals surface area contributed by atoms with E-state index in [1.807, 2.05) is 70.2 Å². The molecular weight excluding hydrogens is 442 g/mol. The minimum absolute atomic E-state index is 0.308. The smallest absolute Gasteiger partial charge is 0.408 e. The number of anilines is 1. The summed E-state index contributed by atoms with van der Waals surface area (Å²) in [6.07, 6.45) is -0.0362. The fourth-order valence-corrected chi connectivity index (χ4v) is 3.83. The quantitative estimate of drug-likeness (QED) is 0.525. The first-order valence-corrected chi connectivity index (χ1v) is 12.1. The van der Waals surface area contributed by atoms with Crippen LogP contribution in [0.4, 0.5) is 10.5 Å². The van der Waals surface area contributed by atoms with Crippen LogP contribution in [0.3, 0.4) is 0 Å². The first kappa shape index (κ1) is 27.9. The van der Waals surface area contributed by atoms with Crippen molar-refractivity contribution in [1.82, 2.24) is 10.2 Å². The normalized spacial score (nSPS) is 12.9. The zero-order chi connectivity index (χ0) is 26.3. The van der Waals surface area contributed by atoms with Crippen molar-refractivity contribution >= 4 is 23.6 Å². The molecule has 0 aliphatic rings. The summed E-state index contributed by atoms with van der Waals surface area (Å²) < 4.78 is 5.31. The molecule has 7 heteroatoms. The monoisotopic (exact) mass is 481 g/mol. The zero-order valence-corrected chi connectivity index (χ0v) is 22.2. The third-order valence-corrected chi connectivity index (χ3v) is 5.53. The Balaban J connectivity index is 2.42. The number of aryl methyl sites for hydroxylation is 3. The van der Waals surface area contributed by atoms with E-state index in [2.05, 4.69) is 10.6 Å². The summed E-state index contributed by atoms with van der Waals surface area (Å²) in [6.45, 7) is 15.0. The molecule has 0 heterocycles. The highest BCUT2D eigenvalue weighted by atomic mass is 16.6. The van der Waals surface area contributed by atoms with E-state index >= 15 is 0 Å². The molecule has 2 unspecified atom stereocenters. The van der Waals surface area contributed by atoms with Crippen LogP contribution in [0.25, 0.3) is 0 Å². The Morgan fingerprint density at radius 1 is 0.971 bits per heavy atom. The van der Waals surface area contributed by atoms with Crippen molar-refractivity contribution in [2.24, 2.45) is 0 Å². The Bertz CT molecular complexity index is 1020. The second-order valence-corrected chi connectivity index (χ2v) is 9.97. The highest BCUT2D eigenvalue weighted by molar-refractivity contribution is 5.99. The second kappa shape index (κ2) is 11.9. The lowest BCUT2D eigenvalue weighted by Gasteiger charge is -2.33. The van der Waals surface area contributed by atoms with Gasteiger partial charge in [0, 0.05) is 12.2 Å².